The lowest BCUT2D eigenvalue weighted by atomic mass is 10.4. The van der Waals surface area contributed by atoms with E-state index in [2.05, 4.69) is 35.9 Å². The molecule has 0 spiro atoms. The van der Waals surface area contributed by atoms with Gasteiger partial charge in [-0.2, -0.15) is 0 Å². The quantitative estimate of drug-likeness (QED) is 0.679. The Bertz CT molecular complexity index is 694. The number of aryl methyl sites for hydroxylation is 1. The third kappa shape index (κ3) is 2.23. The van der Waals surface area contributed by atoms with Crippen LogP contribution in [0.15, 0.2) is 45.8 Å². The smallest absolute Gasteiger partial charge is 0.193 e. The number of fused-ring (bicyclic) bond motifs is 1. The van der Waals surface area contributed by atoms with Crippen molar-refractivity contribution in [1.29, 1.82) is 0 Å². The first-order chi connectivity index (χ1) is 8.72. The summed E-state index contributed by atoms with van der Waals surface area (Å²) in [5, 5.41) is 1.44. The standard InChI is InChI=1S/C11H8BrN5S/c1-7-4-14-11(15-5-7)18-10-9-13-2-3-17(9)6-8(12)16-10/h2-6H,1H3. The third-order valence-corrected chi connectivity index (χ3v) is 3.50. The largest absolute Gasteiger partial charge is 0.302 e. The van der Waals surface area contributed by atoms with E-state index in [1.165, 1.54) is 11.8 Å². The molecule has 0 aliphatic rings. The van der Waals surface area contributed by atoms with E-state index >= 15 is 0 Å². The van der Waals surface area contributed by atoms with Gasteiger partial charge in [-0.25, -0.2) is 19.9 Å². The van der Waals surface area contributed by atoms with Gasteiger partial charge >= 0.3 is 0 Å². The maximum absolute atomic E-state index is 4.41. The first kappa shape index (κ1) is 11.6. The van der Waals surface area contributed by atoms with Crippen LogP contribution in [0.3, 0.4) is 0 Å². The van der Waals surface area contributed by atoms with Gasteiger partial charge in [-0.3, -0.25) is 0 Å². The van der Waals surface area contributed by atoms with E-state index in [4.69, 9.17) is 0 Å². The second-order valence-corrected chi connectivity index (χ2v) is 5.44. The van der Waals surface area contributed by atoms with E-state index in [9.17, 15) is 0 Å². The SMILES string of the molecule is Cc1cnc(Sc2nc(Br)cn3ccnc23)nc1. The predicted molar refractivity (Wildman–Crippen MR) is 71.6 cm³/mol. The maximum Gasteiger partial charge on any atom is 0.193 e. The van der Waals surface area contributed by atoms with Crippen LogP contribution < -0.4 is 0 Å². The average molecular weight is 322 g/mol. The fraction of sp³-hybridized carbons (Fsp3) is 0.0909. The fourth-order valence-corrected chi connectivity index (χ4v) is 2.75. The Morgan fingerprint density at radius 1 is 1.22 bits per heavy atom. The lowest BCUT2D eigenvalue weighted by Crippen LogP contribution is -1.93. The monoisotopic (exact) mass is 321 g/mol. The van der Waals surface area contributed by atoms with Gasteiger partial charge in [0.2, 0.25) is 0 Å². The molecule has 3 rings (SSSR count). The second-order valence-electron chi connectivity index (χ2n) is 3.67. The molecule has 0 N–H and O–H groups in total. The highest BCUT2D eigenvalue weighted by atomic mass is 79.9. The molecule has 7 heteroatoms. The lowest BCUT2D eigenvalue weighted by molar-refractivity contribution is 0.938. The molecule has 90 valence electrons. The Morgan fingerprint density at radius 3 is 2.78 bits per heavy atom. The van der Waals surface area contributed by atoms with Crippen molar-refractivity contribution in [3.8, 4) is 0 Å². The van der Waals surface area contributed by atoms with Gasteiger partial charge in [0.25, 0.3) is 0 Å². The zero-order chi connectivity index (χ0) is 12.5. The number of hydrogen-bond acceptors (Lipinski definition) is 5. The molecule has 3 heterocycles. The number of halogens is 1. The molecule has 18 heavy (non-hydrogen) atoms. The number of rotatable bonds is 2. The first-order valence-electron chi connectivity index (χ1n) is 5.18. The molecule has 0 radical (unpaired) electrons. The van der Waals surface area contributed by atoms with Gasteiger partial charge in [0.1, 0.15) is 9.63 Å². The molecular weight excluding hydrogens is 314 g/mol. The van der Waals surface area contributed by atoms with E-state index in [0.717, 1.165) is 20.8 Å². The molecule has 0 fully saturated rings. The third-order valence-electron chi connectivity index (χ3n) is 2.26. The van der Waals surface area contributed by atoms with E-state index < -0.39 is 0 Å². The van der Waals surface area contributed by atoms with Crippen LogP contribution in [-0.4, -0.2) is 24.3 Å². The predicted octanol–water partition coefficient (Wildman–Crippen LogP) is 2.74. The minimum Gasteiger partial charge on any atom is -0.302 e. The van der Waals surface area contributed by atoms with E-state index in [0.29, 0.717) is 5.16 Å². The molecule has 0 bridgehead atoms. The molecule has 0 amide bonds. The van der Waals surface area contributed by atoms with Crippen LogP contribution >= 0.6 is 27.7 Å². The summed E-state index contributed by atoms with van der Waals surface area (Å²) in [6, 6.07) is 0. The van der Waals surface area contributed by atoms with Crippen molar-refractivity contribution >= 4 is 33.3 Å². The van der Waals surface area contributed by atoms with Crippen LogP contribution in [-0.2, 0) is 0 Å². The first-order valence-corrected chi connectivity index (χ1v) is 6.79. The van der Waals surface area contributed by atoms with Crippen molar-refractivity contribution in [3.05, 3.63) is 41.2 Å². The van der Waals surface area contributed by atoms with Gasteiger partial charge in [0.15, 0.2) is 10.8 Å². The maximum atomic E-state index is 4.41. The molecule has 3 aromatic rings. The highest BCUT2D eigenvalue weighted by Gasteiger charge is 2.09. The number of aromatic nitrogens is 5. The molecule has 0 aromatic carbocycles. The number of hydrogen-bond donors (Lipinski definition) is 0. The summed E-state index contributed by atoms with van der Waals surface area (Å²) < 4.78 is 2.66. The fourth-order valence-electron chi connectivity index (χ4n) is 1.46. The van der Waals surface area contributed by atoms with Crippen LogP contribution in [0.4, 0.5) is 0 Å². The zero-order valence-corrected chi connectivity index (χ0v) is 11.8. The summed E-state index contributed by atoms with van der Waals surface area (Å²) in [5.41, 5.74) is 1.83. The summed E-state index contributed by atoms with van der Waals surface area (Å²) in [7, 11) is 0. The lowest BCUT2D eigenvalue weighted by Gasteiger charge is -2.02. The van der Waals surface area contributed by atoms with Crippen molar-refractivity contribution in [2.24, 2.45) is 0 Å². The number of imidazole rings is 1. The molecule has 0 aliphatic heterocycles. The zero-order valence-electron chi connectivity index (χ0n) is 9.41. The van der Waals surface area contributed by atoms with Crippen molar-refractivity contribution in [3.63, 3.8) is 0 Å². The van der Waals surface area contributed by atoms with Gasteiger partial charge in [-0.05, 0) is 40.2 Å². The molecular formula is C11H8BrN5S. The molecule has 0 unspecified atom stereocenters. The number of nitrogens with zero attached hydrogens (tertiary/aromatic N) is 5. The summed E-state index contributed by atoms with van der Waals surface area (Å²) in [6.45, 7) is 1.96. The Labute approximate surface area is 116 Å². The topological polar surface area (TPSA) is 56.0 Å². The van der Waals surface area contributed by atoms with Crippen LogP contribution in [0, 0.1) is 6.92 Å². The van der Waals surface area contributed by atoms with Crippen LogP contribution in [0.2, 0.25) is 0 Å². The van der Waals surface area contributed by atoms with Gasteiger partial charge in [-0.15, -0.1) is 0 Å². The molecule has 0 saturated heterocycles. The van der Waals surface area contributed by atoms with Crippen LogP contribution in [0.5, 0.6) is 0 Å². The van der Waals surface area contributed by atoms with Gasteiger partial charge in [0.05, 0.1) is 0 Å². The van der Waals surface area contributed by atoms with Gasteiger partial charge < -0.3 is 4.40 Å². The Kier molecular flexibility index (Phi) is 3.00. The van der Waals surface area contributed by atoms with E-state index in [-0.39, 0.29) is 0 Å². The minimum absolute atomic E-state index is 0.663. The Hall–Kier alpha value is -1.47. The van der Waals surface area contributed by atoms with Gasteiger partial charge in [-0.1, -0.05) is 0 Å². The molecule has 5 nitrogen and oxygen atoms in total. The molecule has 0 atom stereocenters. The summed E-state index contributed by atoms with van der Waals surface area (Å²) in [6.07, 6.45) is 9.06. The summed E-state index contributed by atoms with van der Waals surface area (Å²) in [4.78, 5) is 17.2. The molecule has 0 aliphatic carbocycles. The van der Waals surface area contributed by atoms with Crippen molar-refractivity contribution in [2.45, 2.75) is 17.1 Å². The Morgan fingerprint density at radius 2 is 2.00 bits per heavy atom. The van der Waals surface area contributed by atoms with Crippen molar-refractivity contribution < 1.29 is 0 Å². The van der Waals surface area contributed by atoms with Crippen molar-refractivity contribution in [1.82, 2.24) is 24.3 Å². The Balaban J connectivity index is 2.03. The summed E-state index contributed by atoms with van der Waals surface area (Å²) >= 11 is 4.78. The van der Waals surface area contributed by atoms with Crippen LogP contribution in [0.25, 0.3) is 5.65 Å². The highest BCUT2D eigenvalue weighted by molar-refractivity contribution is 9.10. The van der Waals surface area contributed by atoms with E-state index in [1.54, 1.807) is 18.6 Å². The van der Waals surface area contributed by atoms with Crippen LogP contribution in [0.1, 0.15) is 5.56 Å². The van der Waals surface area contributed by atoms with Crippen molar-refractivity contribution in [2.75, 3.05) is 0 Å². The highest BCUT2D eigenvalue weighted by Crippen LogP contribution is 2.27. The summed E-state index contributed by atoms with van der Waals surface area (Å²) in [5.74, 6) is 0. The average Bonchev–Trinajstić information content (AvgIpc) is 2.80. The molecule has 3 aromatic heterocycles. The van der Waals surface area contributed by atoms with Gasteiger partial charge in [0, 0.05) is 31.0 Å². The minimum atomic E-state index is 0.663. The van der Waals surface area contributed by atoms with E-state index in [1.807, 2.05) is 23.7 Å². The molecule has 0 saturated carbocycles. The second kappa shape index (κ2) is 4.66. The normalized spacial score (nSPS) is 11.0.